The lowest BCUT2D eigenvalue weighted by molar-refractivity contribution is -0.132. The molecule has 0 spiro atoms. The number of rotatable bonds is 8. The summed E-state index contributed by atoms with van der Waals surface area (Å²) in [4.78, 5) is 10.9. The summed E-state index contributed by atoms with van der Waals surface area (Å²) >= 11 is 6.00. The minimum Gasteiger partial charge on any atom is -0.493 e. The molecule has 2 rings (SSSR count). The molecule has 0 radical (unpaired) electrons. The van der Waals surface area contributed by atoms with E-state index in [2.05, 4.69) is 0 Å². The maximum Gasteiger partial charge on any atom is 0.346 e. The number of carbonyl (C=O) groups is 1. The molecule has 0 aromatic heterocycles. The molecule has 0 unspecified atom stereocenters. The fourth-order valence-corrected chi connectivity index (χ4v) is 2.26. The van der Waals surface area contributed by atoms with Crippen LogP contribution in [-0.2, 0) is 4.79 Å². The lowest BCUT2D eigenvalue weighted by Gasteiger charge is -2.12. The Hall–Kier alpha value is -3.17. The first kappa shape index (κ1) is 19.2. The van der Waals surface area contributed by atoms with Crippen molar-refractivity contribution in [2.75, 3.05) is 20.3 Å². The van der Waals surface area contributed by atoms with E-state index in [1.54, 1.807) is 36.4 Å². The van der Waals surface area contributed by atoms with Crippen LogP contribution < -0.4 is 14.2 Å². The summed E-state index contributed by atoms with van der Waals surface area (Å²) in [5, 5.41) is 18.2. The van der Waals surface area contributed by atoms with E-state index in [0.717, 1.165) is 0 Å². The van der Waals surface area contributed by atoms with E-state index < -0.39 is 5.97 Å². The van der Waals surface area contributed by atoms with Gasteiger partial charge in [0.15, 0.2) is 11.5 Å². The molecule has 6 nitrogen and oxygen atoms in total. The average molecular weight is 374 g/mol. The third kappa shape index (κ3) is 5.16. The van der Waals surface area contributed by atoms with Crippen molar-refractivity contribution in [1.29, 1.82) is 5.26 Å². The third-order valence-electron chi connectivity index (χ3n) is 3.28. The van der Waals surface area contributed by atoms with Crippen LogP contribution in [0.15, 0.2) is 48.0 Å². The number of para-hydroxylation sites is 1. The molecule has 2 aromatic carbocycles. The number of nitriles is 1. The van der Waals surface area contributed by atoms with Crippen molar-refractivity contribution >= 4 is 23.6 Å². The smallest absolute Gasteiger partial charge is 0.346 e. The quantitative estimate of drug-likeness (QED) is 0.430. The SMILES string of the molecule is COc1cc(/C=C(\C#N)C(=O)O)ccc1OCCOc1ccccc1Cl. The summed E-state index contributed by atoms with van der Waals surface area (Å²) in [7, 11) is 1.47. The second-order valence-electron chi connectivity index (χ2n) is 5.01. The van der Waals surface area contributed by atoms with Gasteiger partial charge in [0.1, 0.15) is 30.6 Å². The summed E-state index contributed by atoms with van der Waals surface area (Å²) in [6.07, 6.45) is 1.26. The summed E-state index contributed by atoms with van der Waals surface area (Å²) in [6, 6.07) is 13.6. The molecule has 0 amide bonds. The molecule has 0 aliphatic carbocycles. The Kier molecular flexibility index (Phi) is 6.89. The van der Waals surface area contributed by atoms with Gasteiger partial charge < -0.3 is 19.3 Å². The highest BCUT2D eigenvalue weighted by atomic mass is 35.5. The number of ether oxygens (including phenoxy) is 3. The number of carboxylic acid groups (broad SMARTS) is 1. The molecule has 1 N–H and O–H groups in total. The maximum absolute atomic E-state index is 10.9. The zero-order valence-corrected chi connectivity index (χ0v) is 14.7. The molecule has 26 heavy (non-hydrogen) atoms. The zero-order valence-electron chi connectivity index (χ0n) is 13.9. The summed E-state index contributed by atoms with van der Waals surface area (Å²) in [5.41, 5.74) is 0.148. The van der Waals surface area contributed by atoms with Crippen LogP contribution >= 0.6 is 11.6 Å². The van der Waals surface area contributed by atoms with Crippen molar-refractivity contribution in [3.63, 3.8) is 0 Å². The lowest BCUT2D eigenvalue weighted by atomic mass is 10.1. The van der Waals surface area contributed by atoms with Crippen molar-refractivity contribution in [2.45, 2.75) is 0 Å². The van der Waals surface area contributed by atoms with E-state index in [-0.39, 0.29) is 18.8 Å². The van der Waals surface area contributed by atoms with E-state index in [4.69, 9.17) is 36.2 Å². The largest absolute Gasteiger partial charge is 0.493 e. The van der Waals surface area contributed by atoms with Crippen LogP contribution in [0.4, 0.5) is 0 Å². The Balaban J connectivity index is 2.00. The van der Waals surface area contributed by atoms with Crippen molar-refractivity contribution in [3.05, 3.63) is 58.6 Å². The van der Waals surface area contributed by atoms with Crippen molar-refractivity contribution in [2.24, 2.45) is 0 Å². The predicted molar refractivity (Wildman–Crippen MR) is 96.7 cm³/mol. The number of hydrogen-bond acceptors (Lipinski definition) is 5. The van der Waals surface area contributed by atoms with Gasteiger partial charge in [-0.05, 0) is 35.9 Å². The molecule has 0 atom stereocenters. The molecular weight excluding hydrogens is 358 g/mol. The summed E-state index contributed by atoms with van der Waals surface area (Å²) in [5.74, 6) is 0.173. The van der Waals surface area contributed by atoms with Gasteiger partial charge in [0.05, 0.1) is 12.1 Å². The first-order valence-corrected chi connectivity index (χ1v) is 7.96. The molecule has 134 valence electrons. The third-order valence-corrected chi connectivity index (χ3v) is 3.60. The number of aliphatic carboxylic acids is 1. The molecule has 2 aromatic rings. The number of hydrogen-bond donors (Lipinski definition) is 1. The van der Waals surface area contributed by atoms with Gasteiger partial charge in [0, 0.05) is 0 Å². The number of benzene rings is 2. The highest BCUT2D eigenvalue weighted by Gasteiger charge is 2.09. The van der Waals surface area contributed by atoms with Crippen molar-refractivity contribution in [3.8, 4) is 23.3 Å². The van der Waals surface area contributed by atoms with Gasteiger partial charge >= 0.3 is 5.97 Å². The molecule has 0 saturated carbocycles. The number of carboxylic acids is 1. The standard InChI is InChI=1S/C19H16ClNO5/c1-24-18-11-13(10-14(12-21)19(22)23)6-7-17(18)26-9-8-25-16-5-3-2-4-15(16)20/h2-7,10-11H,8-9H2,1H3,(H,22,23)/b14-10+. The lowest BCUT2D eigenvalue weighted by Crippen LogP contribution is -2.09. The van der Waals surface area contributed by atoms with Gasteiger partial charge in [-0.1, -0.05) is 29.8 Å². The molecule has 0 bridgehead atoms. The van der Waals surface area contributed by atoms with Gasteiger partial charge in [-0.25, -0.2) is 4.79 Å². The second-order valence-corrected chi connectivity index (χ2v) is 5.42. The van der Waals surface area contributed by atoms with Crippen LogP contribution in [0.2, 0.25) is 5.02 Å². The maximum atomic E-state index is 10.9. The number of nitrogens with zero attached hydrogens (tertiary/aromatic N) is 1. The monoisotopic (exact) mass is 373 g/mol. The topological polar surface area (TPSA) is 88.8 Å². The number of methoxy groups -OCH3 is 1. The molecular formula is C19H16ClNO5. The predicted octanol–water partition coefficient (Wildman–Crippen LogP) is 3.80. The second kappa shape index (κ2) is 9.35. The highest BCUT2D eigenvalue weighted by Crippen LogP contribution is 2.29. The van der Waals surface area contributed by atoms with Gasteiger partial charge in [-0.3, -0.25) is 0 Å². The number of halogens is 1. The van der Waals surface area contributed by atoms with Crippen LogP contribution in [0, 0.1) is 11.3 Å². The molecule has 0 heterocycles. The molecule has 0 aliphatic heterocycles. The molecule has 0 fully saturated rings. The Bertz CT molecular complexity index is 857. The average Bonchev–Trinajstić information content (AvgIpc) is 2.64. The summed E-state index contributed by atoms with van der Waals surface area (Å²) in [6.45, 7) is 0.543. The Morgan fingerprint density at radius 1 is 1.15 bits per heavy atom. The summed E-state index contributed by atoms with van der Waals surface area (Å²) < 4.78 is 16.4. The molecule has 0 aliphatic rings. The van der Waals surface area contributed by atoms with Crippen LogP contribution in [0.1, 0.15) is 5.56 Å². The normalized spacial score (nSPS) is 10.7. The van der Waals surface area contributed by atoms with Gasteiger partial charge in [0.2, 0.25) is 0 Å². The van der Waals surface area contributed by atoms with E-state index in [9.17, 15) is 4.79 Å². The first-order valence-electron chi connectivity index (χ1n) is 7.58. The fourth-order valence-electron chi connectivity index (χ4n) is 2.07. The highest BCUT2D eigenvalue weighted by molar-refractivity contribution is 6.32. The zero-order chi connectivity index (χ0) is 18.9. The van der Waals surface area contributed by atoms with E-state index in [1.165, 1.54) is 13.2 Å². The van der Waals surface area contributed by atoms with E-state index in [0.29, 0.717) is 27.8 Å². The van der Waals surface area contributed by atoms with Crippen molar-refractivity contribution < 1.29 is 24.1 Å². The first-order chi connectivity index (χ1) is 12.5. The Morgan fingerprint density at radius 2 is 1.85 bits per heavy atom. The van der Waals surface area contributed by atoms with Gasteiger partial charge in [0.25, 0.3) is 0 Å². The van der Waals surface area contributed by atoms with E-state index in [1.807, 2.05) is 12.1 Å². The van der Waals surface area contributed by atoms with Gasteiger partial charge in [-0.15, -0.1) is 0 Å². The molecule has 7 heteroatoms. The van der Waals surface area contributed by atoms with Crippen LogP contribution in [0.5, 0.6) is 17.2 Å². The minimum absolute atomic E-state index is 0.259. The fraction of sp³-hybridized carbons (Fsp3) is 0.158. The Morgan fingerprint density at radius 3 is 2.46 bits per heavy atom. The Labute approximate surface area is 155 Å². The van der Waals surface area contributed by atoms with Crippen molar-refractivity contribution in [1.82, 2.24) is 0 Å². The molecule has 0 saturated heterocycles. The van der Waals surface area contributed by atoms with Crippen LogP contribution in [-0.4, -0.2) is 31.4 Å². The minimum atomic E-state index is -1.29. The van der Waals surface area contributed by atoms with Crippen LogP contribution in [0.25, 0.3) is 6.08 Å². The van der Waals surface area contributed by atoms with Gasteiger partial charge in [-0.2, -0.15) is 5.26 Å². The van der Waals surface area contributed by atoms with E-state index >= 15 is 0 Å². The van der Waals surface area contributed by atoms with Crippen LogP contribution in [0.3, 0.4) is 0 Å².